The normalized spacial score (nSPS) is 10.9. The van der Waals surface area contributed by atoms with Crippen molar-refractivity contribution in [2.45, 2.75) is 6.92 Å². The van der Waals surface area contributed by atoms with Crippen LogP contribution in [-0.4, -0.2) is 26.7 Å². The molecule has 0 spiro atoms. The molecule has 0 atom stereocenters. The fourth-order valence-corrected chi connectivity index (χ4v) is 3.11. The number of rotatable bonds is 7. The van der Waals surface area contributed by atoms with Crippen LogP contribution in [-0.2, 0) is 4.79 Å². The maximum atomic E-state index is 12.8. The van der Waals surface area contributed by atoms with E-state index in [9.17, 15) is 10.1 Å². The summed E-state index contributed by atoms with van der Waals surface area (Å²) in [6.07, 6.45) is 1.49. The summed E-state index contributed by atoms with van der Waals surface area (Å²) in [7, 11) is 3.03. The maximum Gasteiger partial charge on any atom is 0.266 e. The zero-order chi connectivity index (χ0) is 21.5. The average molecular weight is 402 g/mol. The number of benzene rings is 3. The van der Waals surface area contributed by atoms with Gasteiger partial charge in [-0.25, -0.2) is 0 Å². The molecule has 3 aromatic carbocycles. The van der Waals surface area contributed by atoms with Crippen LogP contribution in [0.2, 0.25) is 0 Å². The monoisotopic (exact) mass is 402 g/mol. The van der Waals surface area contributed by atoms with E-state index in [1.165, 1.54) is 20.3 Å². The van der Waals surface area contributed by atoms with Gasteiger partial charge in [-0.05, 0) is 42.1 Å². The van der Waals surface area contributed by atoms with E-state index in [2.05, 4.69) is 5.32 Å². The Kier molecular flexibility index (Phi) is 6.56. The van der Waals surface area contributed by atoms with Gasteiger partial charge in [0.2, 0.25) is 5.75 Å². The number of carbonyl (C=O) groups is 1. The Morgan fingerprint density at radius 2 is 1.73 bits per heavy atom. The molecule has 30 heavy (non-hydrogen) atoms. The van der Waals surface area contributed by atoms with Gasteiger partial charge in [0, 0.05) is 11.1 Å². The Balaban J connectivity index is 1.95. The Bertz CT molecular complexity index is 1120. The average Bonchev–Trinajstić information content (AvgIpc) is 2.78. The molecule has 6 heteroatoms. The maximum absolute atomic E-state index is 12.8. The van der Waals surface area contributed by atoms with Crippen molar-refractivity contribution in [1.29, 1.82) is 5.26 Å². The van der Waals surface area contributed by atoms with E-state index in [0.717, 1.165) is 10.8 Å². The van der Waals surface area contributed by atoms with Crippen molar-refractivity contribution >= 4 is 28.4 Å². The fourth-order valence-electron chi connectivity index (χ4n) is 3.11. The summed E-state index contributed by atoms with van der Waals surface area (Å²) in [5, 5.41) is 14.3. The highest BCUT2D eigenvalue weighted by molar-refractivity contribution is 6.13. The Morgan fingerprint density at radius 1 is 1.07 bits per heavy atom. The van der Waals surface area contributed by atoms with Crippen LogP contribution >= 0.6 is 0 Å². The summed E-state index contributed by atoms with van der Waals surface area (Å²) in [6, 6.07) is 18.7. The van der Waals surface area contributed by atoms with Gasteiger partial charge < -0.3 is 19.5 Å². The largest absolute Gasteiger partial charge is 0.493 e. The minimum Gasteiger partial charge on any atom is -0.493 e. The summed E-state index contributed by atoms with van der Waals surface area (Å²) in [5.41, 5.74) is 1.18. The first-order chi connectivity index (χ1) is 14.6. The fraction of sp³-hybridized carbons (Fsp3) is 0.167. The summed E-state index contributed by atoms with van der Waals surface area (Å²) >= 11 is 0. The molecule has 1 N–H and O–H groups in total. The number of hydrogen-bond acceptors (Lipinski definition) is 5. The third kappa shape index (κ3) is 4.36. The molecule has 0 saturated heterocycles. The van der Waals surface area contributed by atoms with Crippen molar-refractivity contribution in [2.24, 2.45) is 0 Å². The van der Waals surface area contributed by atoms with E-state index < -0.39 is 5.91 Å². The van der Waals surface area contributed by atoms with E-state index in [4.69, 9.17) is 14.2 Å². The number of nitrogens with zero attached hydrogens (tertiary/aromatic N) is 1. The van der Waals surface area contributed by atoms with Gasteiger partial charge in [0.05, 0.1) is 20.8 Å². The molecule has 0 aliphatic carbocycles. The molecule has 0 unspecified atom stereocenters. The number of ether oxygens (including phenoxy) is 3. The molecular weight excluding hydrogens is 380 g/mol. The lowest BCUT2D eigenvalue weighted by molar-refractivity contribution is -0.112. The molecule has 0 aliphatic rings. The Labute approximate surface area is 175 Å². The van der Waals surface area contributed by atoms with E-state index in [1.807, 2.05) is 49.4 Å². The summed E-state index contributed by atoms with van der Waals surface area (Å²) in [5.74, 6) is 0.877. The predicted octanol–water partition coefficient (Wildman–Crippen LogP) is 4.80. The SMILES string of the molecule is CCOc1c(OC)cc(/C=C(/C#N)C(=O)Nc2cccc3ccccc23)cc1OC. The first kappa shape index (κ1) is 20.7. The van der Waals surface area contributed by atoms with Gasteiger partial charge in [-0.15, -0.1) is 0 Å². The second-order valence-corrected chi connectivity index (χ2v) is 6.34. The number of amides is 1. The molecule has 0 aromatic heterocycles. The van der Waals surface area contributed by atoms with Crippen LogP contribution in [0.1, 0.15) is 12.5 Å². The highest BCUT2D eigenvalue weighted by Gasteiger charge is 2.16. The lowest BCUT2D eigenvalue weighted by Gasteiger charge is -2.14. The summed E-state index contributed by atoms with van der Waals surface area (Å²) < 4.78 is 16.4. The van der Waals surface area contributed by atoms with Crippen LogP contribution in [0, 0.1) is 11.3 Å². The molecule has 0 radical (unpaired) electrons. The summed E-state index contributed by atoms with van der Waals surface area (Å²) in [4.78, 5) is 12.8. The molecular formula is C24H22N2O4. The van der Waals surface area contributed by atoms with E-state index >= 15 is 0 Å². The molecule has 0 heterocycles. The molecule has 152 valence electrons. The first-order valence-corrected chi connectivity index (χ1v) is 9.41. The molecule has 6 nitrogen and oxygen atoms in total. The van der Waals surface area contributed by atoms with Gasteiger partial charge in [0.15, 0.2) is 11.5 Å². The van der Waals surface area contributed by atoms with E-state index in [0.29, 0.717) is 35.1 Å². The van der Waals surface area contributed by atoms with Crippen LogP contribution < -0.4 is 19.5 Å². The quantitative estimate of drug-likeness (QED) is 0.453. The van der Waals surface area contributed by atoms with Crippen LogP contribution in [0.25, 0.3) is 16.8 Å². The zero-order valence-electron chi connectivity index (χ0n) is 17.1. The van der Waals surface area contributed by atoms with Crippen LogP contribution in [0.4, 0.5) is 5.69 Å². The number of fused-ring (bicyclic) bond motifs is 1. The second kappa shape index (κ2) is 9.48. The summed E-state index contributed by atoms with van der Waals surface area (Å²) in [6.45, 7) is 2.30. The van der Waals surface area contributed by atoms with Crippen LogP contribution in [0.15, 0.2) is 60.2 Å². The third-order valence-corrected chi connectivity index (χ3v) is 4.49. The van der Waals surface area contributed by atoms with Crippen molar-refractivity contribution in [3.05, 3.63) is 65.7 Å². The highest BCUT2D eigenvalue weighted by Crippen LogP contribution is 2.39. The smallest absolute Gasteiger partial charge is 0.266 e. The number of anilines is 1. The lowest BCUT2D eigenvalue weighted by Crippen LogP contribution is -2.13. The van der Waals surface area contributed by atoms with Crippen molar-refractivity contribution in [3.8, 4) is 23.3 Å². The van der Waals surface area contributed by atoms with Crippen LogP contribution in [0.3, 0.4) is 0 Å². The molecule has 0 bridgehead atoms. The number of carbonyl (C=O) groups excluding carboxylic acids is 1. The minimum atomic E-state index is -0.499. The molecule has 3 aromatic rings. The zero-order valence-corrected chi connectivity index (χ0v) is 17.1. The topological polar surface area (TPSA) is 80.6 Å². The van der Waals surface area contributed by atoms with Gasteiger partial charge in [0.25, 0.3) is 5.91 Å². The number of methoxy groups -OCH3 is 2. The van der Waals surface area contributed by atoms with Gasteiger partial charge >= 0.3 is 0 Å². The minimum absolute atomic E-state index is 0.0452. The van der Waals surface area contributed by atoms with Crippen molar-refractivity contribution in [2.75, 3.05) is 26.1 Å². The van der Waals surface area contributed by atoms with E-state index in [-0.39, 0.29) is 5.57 Å². The third-order valence-electron chi connectivity index (χ3n) is 4.49. The number of nitriles is 1. The van der Waals surface area contributed by atoms with Crippen molar-refractivity contribution < 1.29 is 19.0 Å². The van der Waals surface area contributed by atoms with E-state index in [1.54, 1.807) is 18.2 Å². The van der Waals surface area contributed by atoms with Gasteiger partial charge in [0.1, 0.15) is 11.6 Å². The highest BCUT2D eigenvalue weighted by atomic mass is 16.5. The second-order valence-electron chi connectivity index (χ2n) is 6.34. The van der Waals surface area contributed by atoms with Crippen molar-refractivity contribution in [1.82, 2.24) is 0 Å². The molecule has 3 rings (SSSR count). The number of nitrogens with one attached hydrogen (secondary N) is 1. The van der Waals surface area contributed by atoms with Gasteiger partial charge in [-0.1, -0.05) is 36.4 Å². The van der Waals surface area contributed by atoms with Crippen LogP contribution in [0.5, 0.6) is 17.2 Å². The molecule has 0 fully saturated rings. The van der Waals surface area contributed by atoms with Gasteiger partial charge in [-0.3, -0.25) is 4.79 Å². The van der Waals surface area contributed by atoms with Gasteiger partial charge in [-0.2, -0.15) is 5.26 Å². The predicted molar refractivity (Wildman–Crippen MR) is 117 cm³/mol. The standard InChI is InChI=1S/C24H22N2O4/c1-4-30-23-21(28-2)13-16(14-22(23)29-3)12-18(15-25)24(27)26-20-11-7-9-17-8-5-6-10-19(17)20/h5-14H,4H2,1-3H3,(H,26,27)/b18-12-. The van der Waals surface area contributed by atoms with Crippen molar-refractivity contribution in [3.63, 3.8) is 0 Å². The molecule has 1 amide bonds. The molecule has 0 saturated carbocycles. The molecule has 0 aliphatic heterocycles. The Morgan fingerprint density at radius 3 is 2.37 bits per heavy atom. The lowest BCUT2D eigenvalue weighted by atomic mass is 10.1. The first-order valence-electron chi connectivity index (χ1n) is 9.41. The Hall–Kier alpha value is -3.98. The number of hydrogen-bond donors (Lipinski definition) is 1.